The van der Waals surface area contributed by atoms with Gasteiger partial charge in [-0.2, -0.15) is 10.2 Å². The number of benzene rings is 1. The number of aryl methyl sites for hydroxylation is 2. The van der Waals surface area contributed by atoms with Crippen LogP contribution in [-0.4, -0.2) is 36.6 Å². The van der Waals surface area contributed by atoms with Crippen molar-refractivity contribution in [1.82, 2.24) is 30.0 Å². The number of hydrogen-bond donors (Lipinski definition) is 1. The molecule has 5 rings (SSSR count). The number of hydrogen-bond acceptors (Lipinski definition) is 5. The van der Waals surface area contributed by atoms with Crippen LogP contribution in [0.1, 0.15) is 29.5 Å². The highest BCUT2D eigenvalue weighted by Gasteiger charge is 2.27. The molecule has 1 N–H and O–H groups in total. The highest BCUT2D eigenvalue weighted by molar-refractivity contribution is 5.81. The molecule has 3 aromatic heterocycles. The van der Waals surface area contributed by atoms with Gasteiger partial charge < -0.3 is 4.52 Å². The molecule has 148 valence electrons. The molecule has 7 heteroatoms. The summed E-state index contributed by atoms with van der Waals surface area (Å²) in [5.74, 6) is 0.791. The van der Waals surface area contributed by atoms with Gasteiger partial charge in [0, 0.05) is 61.2 Å². The normalized spacial score (nSPS) is 14.3. The Kier molecular flexibility index (Phi) is 4.52. The fourth-order valence-electron chi connectivity index (χ4n) is 4.06. The van der Waals surface area contributed by atoms with E-state index in [0.717, 1.165) is 60.9 Å². The summed E-state index contributed by atoms with van der Waals surface area (Å²) in [5, 5.41) is 16.7. The maximum atomic E-state index is 5.57. The predicted molar refractivity (Wildman–Crippen MR) is 110 cm³/mol. The van der Waals surface area contributed by atoms with Crippen LogP contribution in [0.5, 0.6) is 0 Å². The molecule has 0 saturated carbocycles. The van der Waals surface area contributed by atoms with Gasteiger partial charge in [-0.05, 0) is 13.8 Å². The van der Waals surface area contributed by atoms with Crippen LogP contribution in [0, 0.1) is 6.92 Å². The molecule has 0 unspecified atom stereocenters. The van der Waals surface area contributed by atoms with Crippen LogP contribution in [0.2, 0.25) is 0 Å². The number of nitrogens with zero attached hydrogens (tertiary/aromatic N) is 5. The van der Waals surface area contributed by atoms with Crippen molar-refractivity contribution < 1.29 is 4.52 Å². The van der Waals surface area contributed by atoms with E-state index in [1.807, 2.05) is 36.0 Å². The van der Waals surface area contributed by atoms with Crippen molar-refractivity contribution in [2.24, 2.45) is 0 Å². The number of rotatable bonds is 5. The largest absolute Gasteiger partial charge is 0.360 e. The van der Waals surface area contributed by atoms with Crippen molar-refractivity contribution in [2.45, 2.75) is 39.9 Å². The first kappa shape index (κ1) is 17.9. The van der Waals surface area contributed by atoms with Gasteiger partial charge in [0.15, 0.2) is 0 Å². The molecular formula is C22H24N6O. The van der Waals surface area contributed by atoms with Crippen LogP contribution in [0.3, 0.4) is 0 Å². The molecule has 0 saturated heterocycles. The zero-order valence-corrected chi connectivity index (χ0v) is 16.7. The second kappa shape index (κ2) is 7.33. The van der Waals surface area contributed by atoms with E-state index in [-0.39, 0.29) is 0 Å². The zero-order valence-electron chi connectivity index (χ0n) is 16.7. The van der Waals surface area contributed by atoms with E-state index in [1.165, 1.54) is 16.8 Å². The second-order valence-electron chi connectivity index (χ2n) is 7.52. The van der Waals surface area contributed by atoms with E-state index in [9.17, 15) is 0 Å². The fraction of sp³-hybridized carbons (Fsp3) is 0.318. The Labute approximate surface area is 169 Å². The zero-order chi connectivity index (χ0) is 19.8. The molecule has 0 bridgehead atoms. The number of H-pyrrole nitrogens is 1. The molecule has 0 fully saturated rings. The van der Waals surface area contributed by atoms with Crippen molar-refractivity contribution in [3.8, 4) is 22.5 Å². The molecular weight excluding hydrogens is 364 g/mol. The van der Waals surface area contributed by atoms with E-state index in [4.69, 9.17) is 4.52 Å². The number of aromatic nitrogens is 5. The maximum absolute atomic E-state index is 5.57. The molecule has 4 heterocycles. The number of nitrogens with one attached hydrogen (secondary N) is 1. The Morgan fingerprint density at radius 3 is 2.83 bits per heavy atom. The quantitative estimate of drug-likeness (QED) is 0.563. The molecule has 1 aliphatic heterocycles. The van der Waals surface area contributed by atoms with Gasteiger partial charge in [-0.1, -0.05) is 35.5 Å². The molecule has 0 aliphatic carbocycles. The Bertz CT molecular complexity index is 1120. The summed E-state index contributed by atoms with van der Waals surface area (Å²) < 4.78 is 7.55. The van der Waals surface area contributed by atoms with Gasteiger partial charge in [0.05, 0.1) is 11.8 Å². The number of fused-ring (bicyclic) bond motifs is 1. The lowest BCUT2D eigenvalue weighted by Crippen LogP contribution is -2.29. The Hall–Kier alpha value is -3.19. The van der Waals surface area contributed by atoms with Crippen LogP contribution in [0.4, 0.5) is 0 Å². The Morgan fingerprint density at radius 1 is 1.17 bits per heavy atom. The summed E-state index contributed by atoms with van der Waals surface area (Å²) in [7, 11) is 0. The van der Waals surface area contributed by atoms with E-state index in [0.29, 0.717) is 0 Å². The van der Waals surface area contributed by atoms with E-state index < -0.39 is 0 Å². The van der Waals surface area contributed by atoms with Crippen molar-refractivity contribution >= 4 is 0 Å². The van der Waals surface area contributed by atoms with Gasteiger partial charge in [0.2, 0.25) is 0 Å². The molecule has 0 atom stereocenters. The Balaban J connectivity index is 1.47. The lowest BCUT2D eigenvalue weighted by Gasteiger charge is -2.26. The SMILES string of the molecule is CCn1cc(CN2CCc3[nH]nc(-c4c(-c5ccccc5)noc4C)c3C2)cn1. The second-order valence-corrected chi connectivity index (χ2v) is 7.52. The molecule has 1 aliphatic rings. The first-order chi connectivity index (χ1) is 14.2. The van der Waals surface area contributed by atoms with Gasteiger partial charge >= 0.3 is 0 Å². The summed E-state index contributed by atoms with van der Waals surface area (Å²) in [6.07, 6.45) is 5.05. The number of aromatic amines is 1. The standard InChI is InChI=1S/C22H24N6O/c1-3-28-13-16(11-23-28)12-27-10-9-19-18(14-27)22(25-24-19)20-15(2)29-26-21(20)17-7-5-4-6-8-17/h4-8,11,13H,3,9-10,12,14H2,1-2H3,(H,24,25). The Morgan fingerprint density at radius 2 is 2.03 bits per heavy atom. The van der Waals surface area contributed by atoms with Gasteiger partial charge in [-0.15, -0.1) is 0 Å². The topological polar surface area (TPSA) is 75.8 Å². The van der Waals surface area contributed by atoms with Crippen molar-refractivity contribution in [3.05, 3.63) is 65.3 Å². The molecule has 29 heavy (non-hydrogen) atoms. The average molecular weight is 388 g/mol. The molecule has 0 radical (unpaired) electrons. The summed E-state index contributed by atoms with van der Waals surface area (Å²) in [6, 6.07) is 10.1. The summed E-state index contributed by atoms with van der Waals surface area (Å²) in [4.78, 5) is 2.45. The van der Waals surface area contributed by atoms with Crippen molar-refractivity contribution in [2.75, 3.05) is 6.54 Å². The van der Waals surface area contributed by atoms with E-state index in [1.54, 1.807) is 0 Å². The first-order valence-electron chi connectivity index (χ1n) is 10.0. The smallest absolute Gasteiger partial charge is 0.143 e. The summed E-state index contributed by atoms with van der Waals surface area (Å²) in [6.45, 7) is 7.68. The summed E-state index contributed by atoms with van der Waals surface area (Å²) >= 11 is 0. The molecule has 0 amide bonds. The molecule has 1 aromatic carbocycles. The lowest BCUT2D eigenvalue weighted by atomic mass is 9.97. The monoisotopic (exact) mass is 388 g/mol. The van der Waals surface area contributed by atoms with Crippen LogP contribution in [-0.2, 0) is 26.1 Å². The van der Waals surface area contributed by atoms with Crippen LogP contribution in [0.15, 0.2) is 47.2 Å². The highest BCUT2D eigenvalue weighted by atomic mass is 16.5. The average Bonchev–Trinajstić information content (AvgIpc) is 3.47. The first-order valence-corrected chi connectivity index (χ1v) is 10.0. The molecule has 4 aromatic rings. The van der Waals surface area contributed by atoms with Gasteiger partial charge in [-0.3, -0.25) is 14.7 Å². The minimum absolute atomic E-state index is 0.791. The molecule has 7 nitrogen and oxygen atoms in total. The highest BCUT2D eigenvalue weighted by Crippen LogP contribution is 2.37. The molecule has 0 spiro atoms. The maximum Gasteiger partial charge on any atom is 0.143 e. The van der Waals surface area contributed by atoms with Gasteiger partial charge in [0.25, 0.3) is 0 Å². The van der Waals surface area contributed by atoms with Crippen LogP contribution >= 0.6 is 0 Å². The third-order valence-corrected chi connectivity index (χ3v) is 5.58. The van der Waals surface area contributed by atoms with Crippen LogP contribution < -0.4 is 0 Å². The predicted octanol–water partition coefficient (Wildman–Crippen LogP) is 3.81. The van der Waals surface area contributed by atoms with Crippen molar-refractivity contribution in [1.29, 1.82) is 0 Å². The van der Waals surface area contributed by atoms with E-state index in [2.05, 4.69) is 50.6 Å². The fourth-order valence-corrected chi connectivity index (χ4v) is 4.06. The van der Waals surface area contributed by atoms with Gasteiger partial charge in [-0.25, -0.2) is 0 Å². The van der Waals surface area contributed by atoms with Gasteiger partial charge in [0.1, 0.15) is 17.1 Å². The lowest BCUT2D eigenvalue weighted by molar-refractivity contribution is 0.245. The minimum atomic E-state index is 0.791. The third kappa shape index (κ3) is 3.27. The van der Waals surface area contributed by atoms with Crippen molar-refractivity contribution in [3.63, 3.8) is 0 Å². The van der Waals surface area contributed by atoms with E-state index >= 15 is 0 Å². The minimum Gasteiger partial charge on any atom is -0.360 e. The summed E-state index contributed by atoms with van der Waals surface area (Å²) in [5.41, 5.74) is 7.50. The van der Waals surface area contributed by atoms with Crippen LogP contribution in [0.25, 0.3) is 22.5 Å². The third-order valence-electron chi connectivity index (χ3n) is 5.58.